The molecule has 4 N–H and O–H groups in total. The first-order chi connectivity index (χ1) is 13.4. The first-order valence-corrected chi connectivity index (χ1v) is 10.6. The Kier molecular flexibility index (Phi) is 7.04. The summed E-state index contributed by atoms with van der Waals surface area (Å²) in [5.74, 6) is -1.54. The molecule has 1 aromatic carbocycles. The molecule has 1 fully saturated rings. The SMILES string of the molecule is N/C(=C\C(=[NH2+])C(F)(F)F)C(=O)N(CCC1CCS(=O)(=O)C1)Cc1cccc(F)c1. The number of amides is 1. The van der Waals surface area contributed by atoms with Gasteiger partial charge in [0.2, 0.25) is 0 Å². The van der Waals surface area contributed by atoms with Crippen LogP contribution in [0, 0.1) is 11.7 Å². The summed E-state index contributed by atoms with van der Waals surface area (Å²) >= 11 is 0. The Morgan fingerprint density at radius 2 is 2.03 bits per heavy atom. The molecule has 1 aliphatic heterocycles. The van der Waals surface area contributed by atoms with E-state index in [9.17, 15) is 30.8 Å². The highest BCUT2D eigenvalue weighted by Gasteiger charge is 2.39. The zero-order chi connectivity index (χ0) is 21.8. The van der Waals surface area contributed by atoms with Crippen LogP contribution in [0.4, 0.5) is 17.6 Å². The highest BCUT2D eigenvalue weighted by atomic mass is 32.2. The number of hydrogen-bond acceptors (Lipinski definition) is 4. The molecule has 1 aromatic rings. The Bertz CT molecular complexity index is 913. The summed E-state index contributed by atoms with van der Waals surface area (Å²) in [6, 6.07) is 5.40. The van der Waals surface area contributed by atoms with Gasteiger partial charge in [0.05, 0.1) is 11.5 Å². The molecule has 2 rings (SSSR count). The van der Waals surface area contributed by atoms with E-state index in [4.69, 9.17) is 11.1 Å². The van der Waals surface area contributed by atoms with Crippen molar-refractivity contribution in [3.05, 3.63) is 47.4 Å². The molecular formula is C18H22F4N3O3S+. The van der Waals surface area contributed by atoms with Gasteiger partial charge in [0.1, 0.15) is 11.5 Å². The van der Waals surface area contributed by atoms with Gasteiger partial charge in [0.15, 0.2) is 9.84 Å². The first kappa shape index (κ1) is 22.9. The fourth-order valence-corrected chi connectivity index (χ4v) is 4.95. The van der Waals surface area contributed by atoms with Crippen molar-refractivity contribution in [2.75, 3.05) is 18.1 Å². The van der Waals surface area contributed by atoms with Crippen LogP contribution in [0.1, 0.15) is 18.4 Å². The smallest absolute Gasteiger partial charge is 0.394 e. The molecule has 1 saturated heterocycles. The number of carbonyl (C=O) groups is 1. The maximum atomic E-state index is 13.4. The van der Waals surface area contributed by atoms with Crippen LogP contribution in [0.2, 0.25) is 0 Å². The van der Waals surface area contributed by atoms with E-state index in [0.29, 0.717) is 24.5 Å². The molecule has 0 saturated carbocycles. The van der Waals surface area contributed by atoms with Gasteiger partial charge in [-0.05, 0) is 36.5 Å². The molecule has 1 unspecified atom stereocenters. The van der Waals surface area contributed by atoms with Crippen molar-refractivity contribution >= 4 is 21.5 Å². The molecule has 0 spiro atoms. The zero-order valence-electron chi connectivity index (χ0n) is 15.5. The van der Waals surface area contributed by atoms with Crippen molar-refractivity contribution in [1.29, 1.82) is 0 Å². The van der Waals surface area contributed by atoms with Crippen LogP contribution < -0.4 is 11.1 Å². The maximum Gasteiger partial charge on any atom is 0.476 e. The number of benzene rings is 1. The Morgan fingerprint density at radius 3 is 2.59 bits per heavy atom. The molecule has 29 heavy (non-hydrogen) atoms. The number of allylic oxidation sites excluding steroid dienone is 1. The molecule has 0 aliphatic carbocycles. The van der Waals surface area contributed by atoms with Crippen LogP contribution in [-0.4, -0.2) is 49.2 Å². The van der Waals surface area contributed by atoms with Crippen molar-refractivity contribution in [3.8, 4) is 0 Å². The number of sulfone groups is 1. The fraction of sp³-hybridized carbons (Fsp3) is 0.444. The van der Waals surface area contributed by atoms with Crippen molar-refractivity contribution in [2.45, 2.75) is 25.6 Å². The number of alkyl halides is 3. The van der Waals surface area contributed by atoms with Crippen LogP contribution >= 0.6 is 0 Å². The monoisotopic (exact) mass is 436 g/mol. The summed E-state index contributed by atoms with van der Waals surface area (Å²) in [6.07, 6.45) is -3.71. The van der Waals surface area contributed by atoms with Gasteiger partial charge in [0.25, 0.3) is 11.6 Å². The summed E-state index contributed by atoms with van der Waals surface area (Å²) in [5.41, 5.74) is 3.71. The molecule has 0 radical (unpaired) electrons. The third kappa shape index (κ3) is 6.84. The summed E-state index contributed by atoms with van der Waals surface area (Å²) in [7, 11) is -3.11. The van der Waals surface area contributed by atoms with Crippen molar-refractivity contribution in [2.24, 2.45) is 11.7 Å². The second kappa shape index (κ2) is 8.93. The van der Waals surface area contributed by atoms with Crippen LogP contribution in [0.25, 0.3) is 0 Å². The summed E-state index contributed by atoms with van der Waals surface area (Å²) in [5, 5.41) is 4.91. The summed E-state index contributed by atoms with van der Waals surface area (Å²) in [4.78, 5) is 13.8. The van der Waals surface area contributed by atoms with Crippen LogP contribution in [0.15, 0.2) is 36.0 Å². The Hall–Kier alpha value is -2.43. The van der Waals surface area contributed by atoms with E-state index in [1.54, 1.807) is 6.07 Å². The molecule has 160 valence electrons. The Labute approximate surface area is 165 Å². The minimum Gasteiger partial charge on any atom is -0.394 e. The zero-order valence-corrected chi connectivity index (χ0v) is 16.3. The van der Waals surface area contributed by atoms with Crippen LogP contribution in [0.5, 0.6) is 0 Å². The molecule has 0 bridgehead atoms. The maximum absolute atomic E-state index is 13.4. The predicted octanol–water partition coefficient (Wildman–Crippen LogP) is 0.584. The molecule has 1 heterocycles. The van der Waals surface area contributed by atoms with E-state index in [1.165, 1.54) is 18.2 Å². The van der Waals surface area contributed by atoms with Gasteiger partial charge in [-0.1, -0.05) is 12.1 Å². The van der Waals surface area contributed by atoms with E-state index in [-0.39, 0.29) is 30.5 Å². The minimum atomic E-state index is -4.84. The van der Waals surface area contributed by atoms with Gasteiger partial charge in [-0.25, -0.2) is 12.8 Å². The Balaban J connectivity index is 2.17. The second-order valence-corrected chi connectivity index (χ2v) is 9.20. The number of halogens is 4. The number of nitrogens with zero attached hydrogens (tertiary/aromatic N) is 1. The van der Waals surface area contributed by atoms with E-state index in [1.807, 2.05) is 0 Å². The lowest BCUT2D eigenvalue weighted by molar-refractivity contribution is -0.165. The minimum absolute atomic E-state index is 0.00484. The molecule has 1 atom stereocenters. The standard InChI is InChI=1S/C18H21F4N3O3S/c19-14-3-1-2-13(8-14)10-25(6-4-12-5-7-29(27,28)11-12)17(26)15(23)9-16(24)18(20,21)22/h1-3,8-9,12,24H,4-7,10-11,23H2/p+1/b15-9-,24-16?. The van der Waals surface area contributed by atoms with Gasteiger partial charge >= 0.3 is 6.18 Å². The lowest BCUT2D eigenvalue weighted by atomic mass is 10.0. The predicted molar refractivity (Wildman–Crippen MR) is 98.5 cm³/mol. The molecule has 6 nitrogen and oxygen atoms in total. The Morgan fingerprint density at radius 1 is 1.34 bits per heavy atom. The lowest BCUT2D eigenvalue weighted by Crippen LogP contribution is -2.48. The molecule has 11 heteroatoms. The quantitative estimate of drug-likeness (QED) is 0.371. The number of rotatable bonds is 7. The lowest BCUT2D eigenvalue weighted by Gasteiger charge is -2.24. The topological polar surface area (TPSA) is 106 Å². The summed E-state index contributed by atoms with van der Waals surface area (Å²) < 4.78 is 74.5. The summed E-state index contributed by atoms with van der Waals surface area (Å²) in [6.45, 7) is -0.0491. The fourth-order valence-electron chi connectivity index (χ4n) is 3.04. The van der Waals surface area contributed by atoms with Gasteiger partial charge in [-0.2, -0.15) is 13.2 Å². The average Bonchev–Trinajstić information content (AvgIpc) is 2.96. The highest BCUT2D eigenvalue weighted by molar-refractivity contribution is 7.91. The van der Waals surface area contributed by atoms with Crippen molar-refractivity contribution < 1.29 is 36.2 Å². The molecule has 1 amide bonds. The van der Waals surface area contributed by atoms with Gasteiger partial charge in [-0.15, -0.1) is 0 Å². The van der Waals surface area contributed by atoms with Crippen LogP contribution in [-0.2, 0) is 21.2 Å². The van der Waals surface area contributed by atoms with Gasteiger partial charge in [0, 0.05) is 19.2 Å². The number of hydrogen-bond donors (Lipinski definition) is 2. The van der Waals surface area contributed by atoms with E-state index < -0.39 is 39.1 Å². The van der Waals surface area contributed by atoms with E-state index in [0.717, 1.165) is 4.90 Å². The number of carbonyl (C=O) groups excluding carboxylic acids is 1. The van der Waals surface area contributed by atoms with Crippen molar-refractivity contribution in [3.63, 3.8) is 0 Å². The molecule has 1 aliphatic rings. The van der Waals surface area contributed by atoms with Gasteiger partial charge < -0.3 is 10.6 Å². The van der Waals surface area contributed by atoms with E-state index >= 15 is 0 Å². The third-order valence-electron chi connectivity index (χ3n) is 4.57. The van der Waals surface area contributed by atoms with Gasteiger partial charge in [-0.3, -0.25) is 10.2 Å². The first-order valence-electron chi connectivity index (χ1n) is 8.78. The average molecular weight is 436 g/mol. The third-order valence-corrected chi connectivity index (χ3v) is 6.41. The molecular weight excluding hydrogens is 414 g/mol. The van der Waals surface area contributed by atoms with E-state index in [2.05, 4.69) is 0 Å². The van der Waals surface area contributed by atoms with Crippen molar-refractivity contribution in [1.82, 2.24) is 4.90 Å². The highest BCUT2D eigenvalue weighted by Crippen LogP contribution is 2.23. The largest absolute Gasteiger partial charge is 0.476 e. The second-order valence-electron chi connectivity index (χ2n) is 6.97. The van der Waals surface area contributed by atoms with Crippen LogP contribution in [0.3, 0.4) is 0 Å². The number of nitrogens with two attached hydrogens (primary N) is 2. The molecule has 0 aromatic heterocycles. The normalized spacial score (nSPS) is 19.2.